The molecule has 1 saturated heterocycles. The Balaban J connectivity index is 2.13. The van der Waals surface area contributed by atoms with Gasteiger partial charge in [-0.1, -0.05) is 4.49 Å². The molecule has 0 aliphatic carbocycles. The quantitative estimate of drug-likeness (QED) is 0.712. The Hall–Kier alpha value is -1.01. The second-order valence-corrected chi connectivity index (χ2v) is 4.24. The van der Waals surface area contributed by atoms with Gasteiger partial charge in [-0.3, -0.25) is 4.79 Å². The summed E-state index contributed by atoms with van der Waals surface area (Å²) in [5.74, 6) is 0.0189. The average Bonchev–Trinajstić information content (AvgIpc) is 2.73. The van der Waals surface area contributed by atoms with Crippen molar-refractivity contribution in [3.63, 3.8) is 0 Å². The van der Waals surface area contributed by atoms with E-state index in [-0.39, 0.29) is 11.9 Å². The molecule has 6 heteroatoms. The molecule has 2 heterocycles. The highest BCUT2D eigenvalue weighted by Gasteiger charge is 2.26. The number of nitrogens with two attached hydrogens (primary N) is 1. The maximum Gasteiger partial charge on any atom is 0.267 e. The van der Waals surface area contributed by atoms with Crippen LogP contribution in [-0.4, -0.2) is 39.5 Å². The van der Waals surface area contributed by atoms with Crippen molar-refractivity contribution in [2.75, 3.05) is 13.1 Å². The van der Waals surface area contributed by atoms with Crippen LogP contribution in [0.25, 0.3) is 0 Å². The fourth-order valence-electron chi connectivity index (χ4n) is 1.54. The van der Waals surface area contributed by atoms with Crippen molar-refractivity contribution in [1.29, 1.82) is 0 Å². The number of rotatable bonds is 1. The Bertz CT molecular complexity index is 351. The molecule has 0 aromatic carbocycles. The van der Waals surface area contributed by atoms with Gasteiger partial charge in [0.2, 0.25) is 0 Å². The van der Waals surface area contributed by atoms with Gasteiger partial charge in [-0.2, -0.15) is 0 Å². The molecule has 1 amide bonds. The van der Waals surface area contributed by atoms with Gasteiger partial charge in [-0.15, -0.1) is 5.10 Å². The van der Waals surface area contributed by atoms with Crippen molar-refractivity contribution < 1.29 is 4.79 Å². The minimum atomic E-state index is 0.0189. The molecule has 1 aromatic heterocycles. The molecule has 1 atom stereocenters. The topological polar surface area (TPSA) is 72.1 Å². The molecule has 0 bridgehead atoms. The number of carbonyl (C=O) groups excluding carboxylic acids is 1. The monoisotopic (exact) mass is 212 g/mol. The molecule has 0 spiro atoms. The third-order valence-corrected chi connectivity index (χ3v) is 3.17. The summed E-state index contributed by atoms with van der Waals surface area (Å²) in [5.41, 5.74) is 6.44. The zero-order valence-electron chi connectivity index (χ0n) is 7.93. The first-order valence-electron chi connectivity index (χ1n) is 4.52. The van der Waals surface area contributed by atoms with E-state index in [4.69, 9.17) is 5.73 Å². The van der Waals surface area contributed by atoms with Crippen LogP contribution >= 0.6 is 11.5 Å². The molecule has 14 heavy (non-hydrogen) atoms. The van der Waals surface area contributed by atoms with Crippen LogP contribution in [0.4, 0.5) is 0 Å². The summed E-state index contributed by atoms with van der Waals surface area (Å²) >= 11 is 1.15. The molecule has 1 aliphatic rings. The van der Waals surface area contributed by atoms with Gasteiger partial charge >= 0.3 is 0 Å². The van der Waals surface area contributed by atoms with E-state index in [0.29, 0.717) is 17.1 Å². The first-order valence-corrected chi connectivity index (χ1v) is 5.29. The summed E-state index contributed by atoms with van der Waals surface area (Å²) in [4.78, 5) is 14.3. The standard InChI is InChI=1S/C8H12N4OS/c1-5-7(14-11-10-5)8(13)12-3-2-6(9)4-12/h6H,2-4,9H2,1H3/t6-/m1/s1. The van der Waals surface area contributed by atoms with E-state index in [1.165, 1.54) is 0 Å². The summed E-state index contributed by atoms with van der Waals surface area (Å²) in [6, 6.07) is 0.125. The SMILES string of the molecule is Cc1nnsc1C(=O)N1CC[C@@H](N)C1. The Morgan fingerprint density at radius 1 is 1.71 bits per heavy atom. The van der Waals surface area contributed by atoms with E-state index in [1.54, 1.807) is 11.8 Å². The Morgan fingerprint density at radius 3 is 3.00 bits per heavy atom. The van der Waals surface area contributed by atoms with E-state index in [9.17, 15) is 4.79 Å². The van der Waals surface area contributed by atoms with Crippen molar-refractivity contribution >= 4 is 17.4 Å². The molecule has 2 N–H and O–H groups in total. The number of amides is 1. The van der Waals surface area contributed by atoms with Gasteiger partial charge in [0, 0.05) is 19.1 Å². The highest BCUT2D eigenvalue weighted by molar-refractivity contribution is 7.07. The van der Waals surface area contributed by atoms with E-state index >= 15 is 0 Å². The second kappa shape index (κ2) is 3.62. The number of nitrogens with zero attached hydrogens (tertiary/aromatic N) is 3. The summed E-state index contributed by atoms with van der Waals surface area (Å²) in [7, 11) is 0. The maximum atomic E-state index is 11.9. The highest BCUT2D eigenvalue weighted by atomic mass is 32.1. The first kappa shape index (κ1) is 9.54. The minimum Gasteiger partial charge on any atom is -0.336 e. The van der Waals surface area contributed by atoms with Crippen LogP contribution in [0, 0.1) is 6.92 Å². The number of aryl methyl sites for hydroxylation is 1. The van der Waals surface area contributed by atoms with E-state index in [2.05, 4.69) is 9.59 Å². The van der Waals surface area contributed by atoms with Crippen LogP contribution < -0.4 is 5.73 Å². The summed E-state index contributed by atoms with van der Waals surface area (Å²) in [6.45, 7) is 3.19. The van der Waals surface area contributed by atoms with Crippen LogP contribution in [0.1, 0.15) is 21.8 Å². The largest absolute Gasteiger partial charge is 0.336 e. The second-order valence-electron chi connectivity index (χ2n) is 3.49. The summed E-state index contributed by atoms with van der Waals surface area (Å²) in [6.07, 6.45) is 0.886. The van der Waals surface area contributed by atoms with Crippen LogP contribution in [0.2, 0.25) is 0 Å². The van der Waals surface area contributed by atoms with Crippen molar-refractivity contribution in [1.82, 2.24) is 14.5 Å². The smallest absolute Gasteiger partial charge is 0.267 e. The third-order valence-electron chi connectivity index (χ3n) is 2.36. The van der Waals surface area contributed by atoms with Crippen molar-refractivity contribution in [2.24, 2.45) is 5.73 Å². The molecule has 76 valence electrons. The van der Waals surface area contributed by atoms with Crippen LogP contribution in [0.15, 0.2) is 0 Å². The predicted molar refractivity (Wildman–Crippen MR) is 53.1 cm³/mol. The fraction of sp³-hybridized carbons (Fsp3) is 0.625. The lowest BCUT2D eigenvalue weighted by atomic mass is 10.3. The highest BCUT2D eigenvalue weighted by Crippen LogP contribution is 2.16. The van der Waals surface area contributed by atoms with Gasteiger partial charge in [0.1, 0.15) is 4.88 Å². The number of hydrogen-bond acceptors (Lipinski definition) is 5. The Kier molecular flexibility index (Phi) is 2.47. The zero-order valence-corrected chi connectivity index (χ0v) is 8.75. The van der Waals surface area contributed by atoms with Crippen molar-refractivity contribution in [3.05, 3.63) is 10.6 Å². The summed E-state index contributed by atoms with van der Waals surface area (Å²) < 4.78 is 3.75. The molecule has 2 rings (SSSR count). The minimum absolute atomic E-state index is 0.0189. The average molecular weight is 212 g/mol. The zero-order chi connectivity index (χ0) is 10.1. The maximum absolute atomic E-state index is 11.9. The van der Waals surface area contributed by atoms with Crippen molar-refractivity contribution in [3.8, 4) is 0 Å². The third kappa shape index (κ3) is 1.62. The molecular formula is C8H12N4OS. The van der Waals surface area contributed by atoms with Crippen LogP contribution in [-0.2, 0) is 0 Å². The lowest BCUT2D eigenvalue weighted by Gasteiger charge is -2.13. The van der Waals surface area contributed by atoms with Gasteiger partial charge in [-0.25, -0.2) is 0 Å². The lowest BCUT2D eigenvalue weighted by Crippen LogP contribution is -2.31. The van der Waals surface area contributed by atoms with Crippen LogP contribution in [0.3, 0.4) is 0 Å². The number of aromatic nitrogens is 2. The van der Waals surface area contributed by atoms with E-state index < -0.39 is 0 Å². The molecule has 1 fully saturated rings. The first-order chi connectivity index (χ1) is 6.68. The van der Waals surface area contributed by atoms with Gasteiger partial charge in [0.25, 0.3) is 5.91 Å². The van der Waals surface area contributed by atoms with E-state index in [0.717, 1.165) is 24.5 Å². The summed E-state index contributed by atoms with van der Waals surface area (Å²) in [5, 5.41) is 3.82. The molecule has 0 unspecified atom stereocenters. The molecular weight excluding hydrogens is 200 g/mol. The Labute approximate surface area is 86.1 Å². The predicted octanol–water partition coefficient (Wildman–Crippen LogP) is 0.0197. The van der Waals surface area contributed by atoms with Crippen LogP contribution in [0.5, 0.6) is 0 Å². The van der Waals surface area contributed by atoms with Gasteiger partial charge < -0.3 is 10.6 Å². The molecule has 0 saturated carbocycles. The van der Waals surface area contributed by atoms with Crippen molar-refractivity contribution in [2.45, 2.75) is 19.4 Å². The Morgan fingerprint density at radius 2 is 2.50 bits per heavy atom. The van der Waals surface area contributed by atoms with Gasteiger partial charge in [0.15, 0.2) is 0 Å². The lowest BCUT2D eigenvalue weighted by molar-refractivity contribution is 0.0794. The molecule has 1 aromatic rings. The molecule has 5 nitrogen and oxygen atoms in total. The van der Waals surface area contributed by atoms with Gasteiger partial charge in [0.05, 0.1) is 5.69 Å². The number of carbonyl (C=O) groups is 1. The molecule has 1 aliphatic heterocycles. The van der Waals surface area contributed by atoms with Gasteiger partial charge in [-0.05, 0) is 24.9 Å². The number of hydrogen-bond donors (Lipinski definition) is 1. The fourth-order valence-corrected chi connectivity index (χ4v) is 2.17. The molecule has 0 radical (unpaired) electrons. The van der Waals surface area contributed by atoms with E-state index in [1.807, 2.05) is 0 Å². The number of likely N-dealkylation sites (tertiary alicyclic amines) is 1. The normalized spacial score (nSPS) is 21.6.